The van der Waals surface area contributed by atoms with Gasteiger partial charge in [0.25, 0.3) is 5.91 Å². The molecular formula is C17H13Cl2N3O. The van der Waals surface area contributed by atoms with Gasteiger partial charge in [0.2, 0.25) is 0 Å². The summed E-state index contributed by atoms with van der Waals surface area (Å²) in [6, 6.07) is 9.22. The van der Waals surface area contributed by atoms with Gasteiger partial charge in [0.15, 0.2) is 0 Å². The molecule has 0 atom stereocenters. The van der Waals surface area contributed by atoms with Crippen LogP contribution in [0.5, 0.6) is 0 Å². The average molecular weight is 346 g/mol. The lowest BCUT2D eigenvalue weighted by atomic mass is 10.1. The Labute approximate surface area is 143 Å². The van der Waals surface area contributed by atoms with E-state index >= 15 is 0 Å². The van der Waals surface area contributed by atoms with E-state index in [-0.39, 0.29) is 5.91 Å². The highest BCUT2D eigenvalue weighted by atomic mass is 35.5. The molecule has 2 aromatic rings. The number of nitrogens with zero attached hydrogens (tertiary/aromatic N) is 2. The zero-order chi connectivity index (χ0) is 16.0. The number of carbonyl (C=O) groups is 1. The van der Waals surface area contributed by atoms with Gasteiger partial charge in [0, 0.05) is 33.5 Å². The number of nitrogens with one attached hydrogen (secondary N) is 1. The normalized spacial score (nSPS) is 19.1. The molecule has 1 aromatic carbocycles. The smallest absolute Gasteiger partial charge is 0.273 e. The van der Waals surface area contributed by atoms with Crippen molar-refractivity contribution in [3.05, 3.63) is 57.8 Å². The first-order chi connectivity index (χ1) is 11.1. The van der Waals surface area contributed by atoms with E-state index in [2.05, 4.69) is 10.5 Å². The molecule has 23 heavy (non-hydrogen) atoms. The van der Waals surface area contributed by atoms with E-state index in [1.54, 1.807) is 6.07 Å². The van der Waals surface area contributed by atoms with Crippen molar-refractivity contribution in [3.8, 4) is 5.69 Å². The Morgan fingerprint density at radius 3 is 2.65 bits per heavy atom. The van der Waals surface area contributed by atoms with Crippen molar-refractivity contribution in [1.82, 2.24) is 9.99 Å². The number of benzene rings is 1. The summed E-state index contributed by atoms with van der Waals surface area (Å²) in [7, 11) is 0. The number of aromatic nitrogens is 1. The van der Waals surface area contributed by atoms with E-state index in [0.717, 1.165) is 29.9 Å². The summed E-state index contributed by atoms with van der Waals surface area (Å²) in [6.07, 6.45) is 5.97. The van der Waals surface area contributed by atoms with Crippen molar-refractivity contribution < 1.29 is 4.79 Å². The molecule has 1 fully saturated rings. The second-order valence-electron chi connectivity index (χ2n) is 5.70. The van der Waals surface area contributed by atoms with Crippen molar-refractivity contribution in [2.75, 3.05) is 0 Å². The second-order valence-corrected chi connectivity index (χ2v) is 6.57. The minimum atomic E-state index is -0.149. The van der Waals surface area contributed by atoms with Gasteiger partial charge in [-0.3, -0.25) is 4.79 Å². The number of halogens is 2. The SMILES string of the molecule is O=C1NN=C(C2CC2)/C1=C/c1cccn1-c1cc(Cl)cc(Cl)c1. The van der Waals surface area contributed by atoms with Crippen LogP contribution in [0.3, 0.4) is 0 Å². The highest BCUT2D eigenvalue weighted by Crippen LogP contribution is 2.35. The fourth-order valence-electron chi connectivity index (χ4n) is 2.73. The van der Waals surface area contributed by atoms with Crippen molar-refractivity contribution in [1.29, 1.82) is 0 Å². The summed E-state index contributed by atoms with van der Waals surface area (Å²) in [5.74, 6) is 0.257. The summed E-state index contributed by atoms with van der Waals surface area (Å²) in [5.41, 5.74) is 5.80. The van der Waals surface area contributed by atoms with E-state index < -0.39 is 0 Å². The van der Waals surface area contributed by atoms with Gasteiger partial charge in [0.05, 0.1) is 11.3 Å². The van der Waals surface area contributed by atoms with Gasteiger partial charge in [-0.25, -0.2) is 5.43 Å². The van der Waals surface area contributed by atoms with Gasteiger partial charge in [-0.15, -0.1) is 0 Å². The third-order valence-electron chi connectivity index (χ3n) is 3.96. The zero-order valence-electron chi connectivity index (χ0n) is 12.1. The molecule has 1 N–H and O–H groups in total. The maximum absolute atomic E-state index is 12.1. The minimum absolute atomic E-state index is 0.149. The second kappa shape index (κ2) is 5.55. The first-order valence-electron chi connectivity index (χ1n) is 7.35. The third kappa shape index (κ3) is 2.80. The van der Waals surface area contributed by atoms with E-state index in [1.807, 2.05) is 41.1 Å². The van der Waals surface area contributed by atoms with Gasteiger partial charge in [-0.2, -0.15) is 5.10 Å². The summed E-state index contributed by atoms with van der Waals surface area (Å²) in [4.78, 5) is 12.1. The van der Waals surface area contributed by atoms with Gasteiger partial charge < -0.3 is 4.57 Å². The van der Waals surface area contributed by atoms with Crippen molar-refractivity contribution >= 4 is 40.9 Å². The van der Waals surface area contributed by atoms with Crippen molar-refractivity contribution in [2.24, 2.45) is 11.0 Å². The number of amides is 1. The van der Waals surface area contributed by atoms with Crippen LogP contribution in [0.15, 0.2) is 47.2 Å². The Kier molecular flexibility index (Phi) is 3.51. The molecule has 6 heteroatoms. The average Bonchev–Trinajstić information content (AvgIpc) is 3.12. The summed E-state index contributed by atoms with van der Waals surface area (Å²) < 4.78 is 1.95. The summed E-state index contributed by atoms with van der Waals surface area (Å²) >= 11 is 12.2. The molecule has 0 bridgehead atoms. The van der Waals surface area contributed by atoms with E-state index in [4.69, 9.17) is 23.2 Å². The highest BCUT2D eigenvalue weighted by molar-refractivity contribution is 6.35. The summed E-state index contributed by atoms with van der Waals surface area (Å²) in [5, 5.41) is 5.31. The predicted octanol–water partition coefficient (Wildman–Crippen LogP) is 4.06. The molecule has 0 saturated heterocycles. The molecule has 1 aliphatic heterocycles. The van der Waals surface area contributed by atoms with Crippen LogP contribution >= 0.6 is 23.2 Å². The summed E-state index contributed by atoms with van der Waals surface area (Å²) in [6.45, 7) is 0. The Hall–Kier alpha value is -2.04. The van der Waals surface area contributed by atoms with Gasteiger partial charge in [0.1, 0.15) is 0 Å². The largest absolute Gasteiger partial charge is 0.317 e. The Morgan fingerprint density at radius 1 is 1.22 bits per heavy atom. The molecule has 4 nitrogen and oxygen atoms in total. The lowest BCUT2D eigenvalue weighted by Crippen LogP contribution is -2.14. The third-order valence-corrected chi connectivity index (χ3v) is 4.40. The Morgan fingerprint density at radius 2 is 1.96 bits per heavy atom. The monoisotopic (exact) mass is 345 g/mol. The van der Waals surface area contributed by atoms with Crippen LogP contribution in [-0.4, -0.2) is 16.2 Å². The van der Waals surface area contributed by atoms with Gasteiger partial charge in [-0.1, -0.05) is 23.2 Å². The first kappa shape index (κ1) is 14.5. The van der Waals surface area contributed by atoms with Crippen LogP contribution in [0.25, 0.3) is 11.8 Å². The fourth-order valence-corrected chi connectivity index (χ4v) is 3.24. The number of rotatable bonds is 3. The molecule has 4 rings (SSSR count). The molecule has 2 aliphatic rings. The number of hydrogen-bond acceptors (Lipinski definition) is 2. The highest BCUT2D eigenvalue weighted by Gasteiger charge is 2.35. The first-order valence-corrected chi connectivity index (χ1v) is 8.11. The van der Waals surface area contributed by atoms with Crippen LogP contribution in [0.2, 0.25) is 10.0 Å². The molecule has 0 unspecified atom stereocenters. The van der Waals surface area contributed by atoms with Gasteiger partial charge >= 0.3 is 0 Å². The zero-order valence-corrected chi connectivity index (χ0v) is 13.6. The lowest BCUT2D eigenvalue weighted by Gasteiger charge is -2.09. The molecule has 1 amide bonds. The predicted molar refractivity (Wildman–Crippen MR) is 92.1 cm³/mol. The number of hydrazone groups is 1. The van der Waals surface area contributed by atoms with Crippen LogP contribution in [-0.2, 0) is 4.79 Å². The van der Waals surface area contributed by atoms with Crippen molar-refractivity contribution in [2.45, 2.75) is 12.8 Å². The molecule has 1 aliphatic carbocycles. The van der Waals surface area contributed by atoms with Crippen LogP contribution < -0.4 is 5.43 Å². The maximum atomic E-state index is 12.1. The Balaban J connectivity index is 1.76. The van der Waals surface area contributed by atoms with Crippen LogP contribution in [0.4, 0.5) is 0 Å². The van der Waals surface area contributed by atoms with Crippen LogP contribution in [0, 0.1) is 5.92 Å². The molecule has 0 radical (unpaired) electrons. The quantitative estimate of drug-likeness (QED) is 0.837. The lowest BCUT2D eigenvalue weighted by molar-refractivity contribution is -0.116. The molecule has 2 heterocycles. The molecule has 1 aromatic heterocycles. The number of hydrogen-bond donors (Lipinski definition) is 1. The fraction of sp³-hybridized carbons (Fsp3) is 0.176. The van der Waals surface area contributed by atoms with E-state index in [9.17, 15) is 4.79 Å². The van der Waals surface area contributed by atoms with Crippen molar-refractivity contribution in [3.63, 3.8) is 0 Å². The topological polar surface area (TPSA) is 46.4 Å². The molecule has 0 spiro atoms. The van der Waals surface area contributed by atoms with E-state index in [0.29, 0.717) is 21.5 Å². The molecular weight excluding hydrogens is 333 g/mol. The minimum Gasteiger partial charge on any atom is -0.317 e. The standard InChI is InChI=1S/C17H13Cl2N3O/c18-11-6-12(19)8-14(7-11)22-5-1-2-13(22)9-15-16(10-3-4-10)20-21-17(15)23/h1-2,5-10H,3-4H2,(H,21,23)/b15-9-. The van der Waals surface area contributed by atoms with Crippen LogP contribution in [0.1, 0.15) is 18.5 Å². The van der Waals surface area contributed by atoms with Gasteiger partial charge in [-0.05, 0) is 49.2 Å². The molecule has 1 saturated carbocycles. The number of carbonyl (C=O) groups excluding carboxylic acids is 1. The molecule has 116 valence electrons. The maximum Gasteiger partial charge on any atom is 0.273 e. The Bertz CT molecular complexity index is 842. The van der Waals surface area contributed by atoms with E-state index in [1.165, 1.54) is 0 Å².